The van der Waals surface area contributed by atoms with Gasteiger partial charge in [-0.2, -0.15) is 0 Å². The highest BCUT2D eigenvalue weighted by Crippen LogP contribution is 2.27. The number of carbonyl (C=O) groups is 1. The van der Waals surface area contributed by atoms with E-state index in [0.717, 1.165) is 12.0 Å². The van der Waals surface area contributed by atoms with Gasteiger partial charge in [0.05, 0.1) is 20.8 Å². The molecule has 5 nitrogen and oxygen atoms in total. The third kappa shape index (κ3) is 4.72. The number of rotatable bonds is 8. The van der Waals surface area contributed by atoms with Crippen LogP contribution in [0.5, 0.6) is 11.5 Å². The lowest BCUT2D eigenvalue weighted by Crippen LogP contribution is -2.25. The molecule has 0 fully saturated rings. The number of hydrogen-bond donors (Lipinski definition) is 2. The molecule has 0 aliphatic heterocycles. The predicted molar refractivity (Wildman–Crippen MR) is 91.3 cm³/mol. The zero-order valence-electron chi connectivity index (χ0n) is 13.5. The van der Waals surface area contributed by atoms with E-state index in [1.54, 1.807) is 38.5 Å². The Balaban J connectivity index is 1.82. The Morgan fingerprint density at radius 3 is 2.57 bits per heavy atom. The van der Waals surface area contributed by atoms with Gasteiger partial charge in [0.1, 0.15) is 0 Å². The van der Waals surface area contributed by atoms with Crippen LogP contribution in [0.2, 0.25) is 0 Å². The molecule has 0 amide bonds. The minimum atomic E-state index is 0.0320. The Morgan fingerprint density at radius 1 is 1.09 bits per heavy atom. The van der Waals surface area contributed by atoms with Gasteiger partial charge in [0, 0.05) is 11.3 Å². The van der Waals surface area contributed by atoms with Crippen molar-refractivity contribution in [3.05, 3.63) is 53.6 Å². The third-order valence-corrected chi connectivity index (χ3v) is 3.53. The summed E-state index contributed by atoms with van der Waals surface area (Å²) in [6.45, 7) is 0.986. The molecular formula is C18H22N2O3. The van der Waals surface area contributed by atoms with E-state index in [1.807, 2.05) is 18.2 Å². The number of methoxy groups -OCH3 is 2. The first kappa shape index (κ1) is 16.8. The smallest absolute Gasteiger partial charge is 0.176 e. The van der Waals surface area contributed by atoms with E-state index >= 15 is 0 Å². The number of hydrogen-bond acceptors (Lipinski definition) is 5. The van der Waals surface area contributed by atoms with Gasteiger partial charge in [-0.25, -0.2) is 0 Å². The van der Waals surface area contributed by atoms with Crippen LogP contribution in [0.4, 0.5) is 5.69 Å². The lowest BCUT2D eigenvalue weighted by atomic mass is 10.1. The van der Waals surface area contributed by atoms with Crippen molar-refractivity contribution in [2.75, 3.05) is 33.0 Å². The van der Waals surface area contributed by atoms with Gasteiger partial charge in [0.2, 0.25) is 0 Å². The molecule has 23 heavy (non-hydrogen) atoms. The SMILES string of the molecule is COc1ccc(CCNCC(=O)c2cccc(N)c2)cc1OC. The van der Waals surface area contributed by atoms with E-state index in [0.29, 0.717) is 29.3 Å². The molecule has 0 atom stereocenters. The van der Waals surface area contributed by atoms with Crippen LogP contribution in [-0.2, 0) is 6.42 Å². The molecule has 2 aromatic carbocycles. The number of nitrogens with one attached hydrogen (secondary N) is 1. The van der Waals surface area contributed by atoms with Crippen LogP contribution in [0, 0.1) is 0 Å². The van der Waals surface area contributed by atoms with Crippen molar-refractivity contribution >= 4 is 11.5 Å². The van der Waals surface area contributed by atoms with E-state index in [9.17, 15) is 4.79 Å². The van der Waals surface area contributed by atoms with Crippen molar-refractivity contribution < 1.29 is 14.3 Å². The first-order valence-corrected chi connectivity index (χ1v) is 7.44. The molecule has 0 heterocycles. The lowest BCUT2D eigenvalue weighted by Gasteiger charge is -2.10. The number of Topliss-reactive ketones (excluding diaryl/α,β-unsaturated/α-hetero) is 1. The number of anilines is 1. The molecule has 122 valence electrons. The predicted octanol–water partition coefficient (Wildman–Crippen LogP) is 2.30. The van der Waals surface area contributed by atoms with Gasteiger partial charge < -0.3 is 20.5 Å². The summed E-state index contributed by atoms with van der Waals surface area (Å²) in [5, 5.41) is 3.16. The summed E-state index contributed by atoms with van der Waals surface area (Å²) in [6.07, 6.45) is 0.796. The minimum absolute atomic E-state index is 0.0320. The van der Waals surface area contributed by atoms with Crippen molar-refractivity contribution in [1.29, 1.82) is 0 Å². The highest BCUT2D eigenvalue weighted by atomic mass is 16.5. The fourth-order valence-corrected chi connectivity index (χ4v) is 2.28. The van der Waals surface area contributed by atoms with Crippen LogP contribution >= 0.6 is 0 Å². The van der Waals surface area contributed by atoms with Crippen LogP contribution in [0.25, 0.3) is 0 Å². The zero-order chi connectivity index (χ0) is 16.7. The zero-order valence-corrected chi connectivity index (χ0v) is 13.5. The Kier molecular flexibility index (Phi) is 6.00. The molecule has 0 unspecified atom stereocenters. The van der Waals surface area contributed by atoms with Crippen molar-refractivity contribution in [3.8, 4) is 11.5 Å². The lowest BCUT2D eigenvalue weighted by molar-refractivity contribution is 0.0991. The molecule has 2 rings (SSSR count). The van der Waals surface area contributed by atoms with Crippen molar-refractivity contribution in [2.24, 2.45) is 0 Å². The monoisotopic (exact) mass is 314 g/mol. The molecule has 0 spiro atoms. The Labute approximate surface area is 136 Å². The van der Waals surface area contributed by atoms with E-state index < -0.39 is 0 Å². The van der Waals surface area contributed by atoms with Gasteiger partial charge in [-0.15, -0.1) is 0 Å². The molecule has 0 saturated heterocycles. The van der Waals surface area contributed by atoms with E-state index in [1.165, 1.54) is 0 Å². The van der Waals surface area contributed by atoms with Gasteiger partial charge in [0.25, 0.3) is 0 Å². The number of nitrogens with two attached hydrogens (primary N) is 1. The topological polar surface area (TPSA) is 73.6 Å². The van der Waals surface area contributed by atoms with Crippen LogP contribution in [0.3, 0.4) is 0 Å². The summed E-state index contributed by atoms with van der Waals surface area (Å²) >= 11 is 0. The fraction of sp³-hybridized carbons (Fsp3) is 0.278. The quantitative estimate of drug-likeness (QED) is 0.444. The summed E-state index contributed by atoms with van der Waals surface area (Å²) in [5.74, 6) is 1.45. The van der Waals surface area contributed by atoms with Gasteiger partial charge in [-0.1, -0.05) is 18.2 Å². The number of ether oxygens (including phenoxy) is 2. The summed E-state index contributed by atoms with van der Waals surface area (Å²) in [4.78, 5) is 12.0. The van der Waals surface area contributed by atoms with Crippen LogP contribution < -0.4 is 20.5 Å². The molecule has 3 N–H and O–H groups in total. The second kappa shape index (κ2) is 8.19. The second-order valence-electron chi connectivity index (χ2n) is 5.16. The van der Waals surface area contributed by atoms with E-state index in [-0.39, 0.29) is 12.3 Å². The first-order valence-electron chi connectivity index (χ1n) is 7.44. The fourth-order valence-electron chi connectivity index (χ4n) is 2.28. The maximum Gasteiger partial charge on any atom is 0.176 e. The van der Waals surface area contributed by atoms with Crippen molar-refractivity contribution in [1.82, 2.24) is 5.32 Å². The number of benzene rings is 2. The largest absolute Gasteiger partial charge is 0.493 e. The van der Waals surface area contributed by atoms with Gasteiger partial charge in [-0.05, 0) is 42.8 Å². The van der Waals surface area contributed by atoms with Gasteiger partial charge in [0.15, 0.2) is 17.3 Å². The average molecular weight is 314 g/mol. The molecule has 0 aliphatic carbocycles. The Bertz CT molecular complexity index is 671. The second-order valence-corrected chi connectivity index (χ2v) is 5.16. The standard InChI is InChI=1S/C18H22N2O3/c1-22-17-7-6-13(10-18(17)23-2)8-9-20-12-16(21)14-4-3-5-15(19)11-14/h3-7,10-11,20H,8-9,12,19H2,1-2H3. The first-order chi connectivity index (χ1) is 11.1. The average Bonchev–Trinajstić information content (AvgIpc) is 2.58. The van der Waals surface area contributed by atoms with E-state index in [4.69, 9.17) is 15.2 Å². The van der Waals surface area contributed by atoms with Crippen molar-refractivity contribution in [3.63, 3.8) is 0 Å². The third-order valence-electron chi connectivity index (χ3n) is 3.53. The maximum absolute atomic E-state index is 12.0. The molecule has 0 radical (unpaired) electrons. The molecule has 5 heteroatoms. The van der Waals surface area contributed by atoms with E-state index in [2.05, 4.69) is 5.32 Å². The highest BCUT2D eigenvalue weighted by Gasteiger charge is 2.07. The minimum Gasteiger partial charge on any atom is -0.493 e. The number of ketones is 1. The van der Waals surface area contributed by atoms with Crippen molar-refractivity contribution in [2.45, 2.75) is 6.42 Å². The number of nitrogen functional groups attached to an aromatic ring is 1. The molecular weight excluding hydrogens is 292 g/mol. The summed E-state index contributed by atoms with van der Waals surface area (Å²) in [5.41, 5.74) is 8.03. The van der Waals surface area contributed by atoms with Gasteiger partial charge in [-0.3, -0.25) is 4.79 Å². The molecule has 0 bridgehead atoms. The molecule has 0 aliphatic rings. The Hall–Kier alpha value is -2.53. The van der Waals surface area contributed by atoms with Crippen LogP contribution in [-0.4, -0.2) is 33.1 Å². The Morgan fingerprint density at radius 2 is 1.87 bits per heavy atom. The summed E-state index contributed by atoms with van der Waals surface area (Å²) < 4.78 is 10.5. The van der Waals surface area contributed by atoms with Gasteiger partial charge >= 0.3 is 0 Å². The normalized spacial score (nSPS) is 10.3. The number of carbonyl (C=O) groups excluding carboxylic acids is 1. The maximum atomic E-state index is 12.0. The molecule has 0 aromatic heterocycles. The molecule has 0 saturated carbocycles. The summed E-state index contributed by atoms with van der Waals surface area (Å²) in [6, 6.07) is 12.8. The highest BCUT2D eigenvalue weighted by molar-refractivity contribution is 5.98. The van der Waals surface area contributed by atoms with Crippen LogP contribution in [0.1, 0.15) is 15.9 Å². The summed E-state index contributed by atoms with van der Waals surface area (Å²) in [7, 11) is 3.23. The van der Waals surface area contributed by atoms with Crippen LogP contribution in [0.15, 0.2) is 42.5 Å². The molecule has 2 aromatic rings.